The van der Waals surface area contributed by atoms with Crippen LogP contribution in [0.3, 0.4) is 0 Å². The van der Waals surface area contributed by atoms with Gasteiger partial charge in [-0.1, -0.05) is 44.2 Å². The number of carbonyl (C=O) groups is 2. The third kappa shape index (κ3) is 5.26. The molecule has 3 aromatic carbocycles. The Morgan fingerprint density at radius 1 is 1.09 bits per heavy atom. The Morgan fingerprint density at radius 2 is 1.82 bits per heavy atom. The zero-order chi connectivity index (χ0) is 24.2. The van der Waals surface area contributed by atoms with Gasteiger partial charge in [0.25, 0.3) is 11.8 Å². The highest BCUT2D eigenvalue weighted by Crippen LogP contribution is 2.29. The molecule has 2 amide bonds. The normalized spacial score (nSPS) is 12.5. The minimum absolute atomic E-state index is 0.00618. The van der Waals surface area contributed by atoms with Gasteiger partial charge in [-0.05, 0) is 78.1 Å². The summed E-state index contributed by atoms with van der Waals surface area (Å²) in [6, 6.07) is 21.0. The zero-order valence-corrected chi connectivity index (χ0v) is 20.2. The number of nitrogens with one attached hydrogen (secondary N) is 2. The smallest absolute Gasteiger partial charge is 0.264 e. The van der Waals surface area contributed by atoms with Gasteiger partial charge in [0, 0.05) is 16.9 Å². The van der Waals surface area contributed by atoms with Crippen molar-refractivity contribution in [2.24, 2.45) is 0 Å². The van der Waals surface area contributed by atoms with Crippen LogP contribution in [0.15, 0.2) is 66.7 Å². The second kappa shape index (κ2) is 10.1. The number of anilines is 2. The van der Waals surface area contributed by atoms with Gasteiger partial charge in [0.2, 0.25) is 0 Å². The Morgan fingerprint density at radius 3 is 2.53 bits per heavy atom. The zero-order valence-electron chi connectivity index (χ0n) is 19.4. The maximum absolute atomic E-state index is 12.7. The van der Waals surface area contributed by atoms with E-state index in [9.17, 15) is 9.59 Å². The molecule has 1 heterocycles. The van der Waals surface area contributed by atoms with E-state index in [1.54, 1.807) is 4.90 Å². The van der Waals surface area contributed by atoms with Gasteiger partial charge in [0.05, 0.1) is 6.54 Å². The molecule has 7 heteroatoms. The third-order valence-corrected chi connectivity index (χ3v) is 5.87. The monoisotopic (exact) mass is 473 g/mol. The number of hydrogen-bond donors (Lipinski definition) is 2. The van der Waals surface area contributed by atoms with Crippen LogP contribution >= 0.6 is 12.2 Å². The fourth-order valence-corrected chi connectivity index (χ4v) is 4.13. The highest BCUT2D eigenvalue weighted by Gasteiger charge is 2.27. The molecule has 0 spiro atoms. The summed E-state index contributed by atoms with van der Waals surface area (Å²) in [6.45, 7) is 6.57. The molecule has 174 valence electrons. The average molecular weight is 474 g/mol. The van der Waals surface area contributed by atoms with E-state index in [0.717, 1.165) is 27.9 Å². The molecule has 0 aliphatic carbocycles. The molecular weight excluding hydrogens is 446 g/mol. The van der Waals surface area contributed by atoms with E-state index in [1.807, 2.05) is 73.7 Å². The fraction of sp³-hybridized carbons (Fsp3) is 0.222. The summed E-state index contributed by atoms with van der Waals surface area (Å²) in [5.41, 5.74) is 5.39. The number of aryl methyl sites for hydroxylation is 1. The highest BCUT2D eigenvalue weighted by molar-refractivity contribution is 7.80. The number of ether oxygens (including phenoxy) is 1. The highest BCUT2D eigenvalue weighted by atomic mass is 32.1. The number of benzene rings is 3. The van der Waals surface area contributed by atoms with Crippen LogP contribution in [0.5, 0.6) is 5.75 Å². The van der Waals surface area contributed by atoms with Gasteiger partial charge in [-0.3, -0.25) is 14.9 Å². The first-order chi connectivity index (χ1) is 16.3. The third-order valence-electron chi connectivity index (χ3n) is 5.66. The lowest BCUT2D eigenvalue weighted by molar-refractivity contribution is -0.121. The number of fused-ring (bicyclic) bond motifs is 1. The molecule has 3 aromatic rings. The molecule has 0 fully saturated rings. The van der Waals surface area contributed by atoms with Crippen LogP contribution < -0.4 is 20.3 Å². The first-order valence-corrected chi connectivity index (χ1v) is 11.6. The SMILES string of the molecule is Cc1ccc(C(C)C)c(OCC(=O)NC(=S)Nc2ccc(N3Cc4ccccc4C3=O)cc2)c1. The van der Waals surface area contributed by atoms with E-state index in [-0.39, 0.29) is 29.5 Å². The number of nitrogens with zero attached hydrogens (tertiary/aromatic N) is 1. The molecule has 6 nitrogen and oxygen atoms in total. The Labute approximate surface area is 204 Å². The van der Waals surface area contributed by atoms with Crippen LogP contribution in [0, 0.1) is 6.92 Å². The summed E-state index contributed by atoms with van der Waals surface area (Å²) < 4.78 is 5.76. The first kappa shape index (κ1) is 23.4. The maximum Gasteiger partial charge on any atom is 0.264 e. The van der Waals surface area contributed by atoms with Gasteiger partial charge in [0.1, 0.15) is 5.75 Å². The van der Waals surface area contributed by atoms with E-state index in [1.165, 1.54) is 0 Å². The number of rotatable bonds is 6. The molecule has 1 aliphatic heterocycles. The lowest BCUT2D eigenvalue weighted by Gasteiger charge is -2.17. The molecule has 0 bridgehead atoms. The molecular formula is C27H27N3O3S. The Kier molecular flexibility index (Phi) is 6.93. The summed E-state index contributed by atoms with van der Waals surface area (Å²) in [5, 5.41) is 5.82. The van der Waals surface area contributed by atoms with Gasteiger partial charge in [0.15, 0.2) is 11.7 Å². The van der Waals surface area contributed by atoms with Crippen LogP contribution in [0.1, 0.15) is 46.8 Å². The average Bonchev–Trinajstić information content (AvgIpc) is 3.14. The van der Waals surface area contributed by atoms with E-state index in [0.29, 0.717) is 18.0 Å². The van der Waals surface area contributed by atoms with Crippen molar-refractivity contribution in [3.05, 3.63) is 89.0 Å². The van der Waals surface area contributed by atoms with Crippen LogP contribution in [-0.4, -0.2) is 23.5 Å². The van der Waals surface area contributed by atoms with E-state index >= 15 is 0 Å². The summed E-state index contributed by atoms with van der Waals surface area (Å²) in [7, 11) is 0. The number of amides is 2. The minimum Gasteiger partial charge on any atom is -0.483 e. The van der Waals surface area contributed by atoms with Gasteiger partial charge >= 0.3 is 0 Å². The van der Waals surface area contributed by atoms with Crippen molar-refractivity contribution in [2.45, 2.75) is 33.2 Å². The molecule has 0 atom stereocenters. The summed E-state index contributed by atoms with van der Waals surface area (Å²) in [6.07, 6.45) is 0. The lowest BCUT2D eigenvalue weighted by atomic mass is 10.0. The maximum atomic E-state index is 12.7. The number of thiocarbonyl (C=S) groups is 1. The predicted molar refractivity (Wildman–Crippen MR) is 139 cm³/mol. The first-order valence-electron chi connectivity index (χ1n) is 11.2. The molecule has 0 saturated carbocycles. The van der Waals surface area contributed by atoms with Crippen molar-refractivity contribution in [3.63, 3.8) is 0 Å². The summed E-state index contributed by atoms with van der Waals surface area (Å²) >= 11 is 5.27. The van der Waals surface area contributed by atoms with Crippen molar-refractivity contribution in [2.75, 3.05) is 16.8 Å². The van der Waals surface area contributed by atoms with Gasteiger partial charge in [-0.2, -0.15) is 0 Å². The topological polar surface area (TPSA) is 70.7 Å². The molecule has 34 heavy (non-hydrogen) atoms. The van der Waals surface area contributed by atoms with Crippen molar-refractivity contribution in [1.29, 1.82) is 0 Å². The van der Waals surface area contributed by atoms with Crippen LogP contribution in [-0.2, 0) is 11.3 Å². The summed E-state index contributed by atoms with van der Waals surface area (Å²) in [5.74, 6) is 0.645. The fourth-order valence-electron chi connectivity index (χ4n) is 3.90. The van der Waals surface area contributed by atoms with Crippen molar-refractivity contribution < 1.29 is 14.3 Å². The number of carbonyl (C=O) groups excluding carboxylic acids is 2. The Bertz CT molecular complexity index is 1240. The second-order valence-electron chi connectivity index (χ2n) is 8.58. The van der Waals surface area contributed by atoms with Crippen LogP contribution in [0.4, 0.5) is 11.4 Å². The van der Waals surface area contributed by atoms with Crippen molar-refractivity contribution in [1.82, 2.24) is 5.32 Å². The van der Waals surface area contributed by atoms with E-state index in [2.05, 4.69) is 24.5 Å². The van der Waals surface area contributed by atoms with Crippen molar-refractivity contribution in [3.8, 4) is 5.75 Å². The Balaban J connectivity index is 1.30. The molecule has 0 aromatic heterocycles. The largest absolute Gasteiger partial charge is 0.483 e. The lowest BCUT2D eigenvalue weighted by Crippen LogP contribution is -2.37. The number of hydrogen-bond acceptors (Lipinski definition) is 4. The quantitative estimate of drug-likeness (QED) is 0.483. The molecule has 4 rings (SSSR count). The van der Waals surface area contributed by atoms with E-state index < -0.39 is 0 Å². The Hall–Kier alpha value is -3.71. The van der Waals surface area contributed by atoms with Gasteiger partial charge < -0.3 is 15.0 Å². The summed E-state index contributed by atoms with van der Waals surface area (Å²) in [4.78, 5) is 26.7. The van der Waals surface area contributed by atoms with Crippen molar-refractivity contribution >= 4 is 40.5 Å². The van der Waals surface area contributed by atoms with Crippen LogP contribution in [0.25, 0.3) is 0 Å². The molecule has 0 unspecified atom stereocenters. The molecule has 0 saturated heterocycles. The molecule has 0 radical (unpaired) electrons. The molecule has 2 N–H and O–H groups in total. The van der Waals surface area contributed by atoms with E-state index in [4.69, 9.17) is 17.0 Å². The van der Waals surface area contributed by atoms with Crippen LogP contribution in [0.2, 0.25) is 0 Å². The molecule has 1 aliphatic rings. The minimum atomic E-state index is -0.342. The predicted octanol–water partition coefficient (Wildman–Crippen LogP) is 5.17. The van der Waals surface area contributed by atoms with Gasteiger partial charge in [-0.25, -0.2) is 0 Å². The second-order valence-corrected chi connectivity index (χ2v) is 8.99. The van der Waals surface area contributed by atoms with Gasteiger partial charge in [-0.15, -0.1) is 0 Å². The standard InChI is InChI=1S/C27H27N3O3S/c1-17(2)22-13-8-18(3)14-24(22)33-16-25(31)29-27(34)28-20-9-11-21(12-10-20)30-15-19-6-4-5-7-23(19)26(30)32/h4-14,17H,15-16H2,1-3H3,(H2,28,29,31,34).